The van der Waals surface area contributed by atoms with E-state index >= 15 is 0 Å². The first-order valence-electron chi connectivity index (χ1n) is 8.22. The maximum Gasteiger partial charge on any atom is 0.416 e. The van der Waals surface area contributed by atoms with Gasteiger partial charge in [0.25, 0.3) is 0 Å². The van der Waals surface area contributed by atoms with Crippen LogP contribution < -0.4 is 5.09 Å². The average molecular weight is 467 g/mol. The van der Waals surface area contributed by atoms with Crippen molar-refractivity contribution in [3.8, 4) is 11.4 Å². The van der Waals surface area contributed by atoms with Crippen molar-refractivity contribution in [1.29, 1.82) is 0 Å². The minimum Gasteiger partial charge on any atom is -0.336 e. The first kappa shape index (κ1) is 22.2. The number of nitrogens with zero attached hydrogens (tertiary/aromatic N) is 3. The van der Waals surface area contributed by atoms with Crippen LogP contribution in [-0.4, -0.2) is 21.8 Å². The molecule has 0 aliphatic heterocycles. The Labute approximate surface area is 171 Å². The van der Waals surface area contributed by atoms with E-state index in [2.05, 4.69) is 24.7 Å². The highest BCUT2D eigenvalue weighted by Gasteiger charge is 2.35. The van der Waals surface area contributed by atoms with Gasteiger partial charge in [-0.2, -0.15) is 26.9 Å². The zero-order valence-electron chi connectivity index (χ0n) is 15.1. The van der Waals surface area contributed by atoms with Crippen LogP contribution in [0.5, 0.6) is 0 Å². The number of hydrogen-bond donors (Lipinski definition) is 1. The van der Waals surface area contributed by atoms with Gasteiger partial charge in [-0.25, -0.2) is 0 Å². The summed E-state index contributed by atoms with van der Waals surface area (Å²) in [5.74, 6) is -1.20. The van der Waals surface area contributed by atoms with E-state index in [0.717, 1.165) is 12.1 Å². The molecule has 0 radical (unpaired) electrons. The van der Waals surface area contributed by atoms with Crippen LogP contribution in [0, 0.1) is 0 Å². The molecule has 1 aromatic carbocycles. The van der Waals surface area contributed by atoms with Gasteiger partial charge in [0, 0.05) is 29.8 Å². The number of alkyl halides is 6. The van der Waals surface area contributed by atoms with Crippen LogP contribution in [-0.2, 0) is 22.3 Å². The number of hydrogen-bond acceptors (Lipinski definition) is 5. The molecular formula is C17H13ClF5N4O2P. The van der Waals surface area contributed by atoms with Crippen molar-refractivity contribution in [1.82, 2.24) is 15.1 Å². The standard InChI is InChI=1S/C17H13ClF5N4O2P/c1-30(28,27-12-6-3-11(4-7-12)17(21,22)23)9-13-5-2-10(8-24-13)14-25-15(29-26-14)16(18,19)20/h2-8H,9H2,1H3,(H,27,28). The van der Waals surface area contributed by atoms with E-state index in [1.807, 2.05) is 0 Å². The summed E-state index contributed by atoms with van der Waals surface area (Å²) >= 11 is 4.82. The molecule has 13 heteroatoms. The molecule has 0 saturated heterocycles. The zero-order valence-corrected chi connectivity index (χ0v) is 16.8. The minimum atomic E-state index is -4.46. The van der Waals surface area contributed by atoms with E-state index in [4.69, 9.17) is 11.6 Å². The molecule has 0 amide bonds. The Hall–Kier alpha value is -2.52. The largest absolute Gasteiger partial charge is 0.416 e. The Bertz CT molecular complexity index is 1070. The van der Waals surface area contributed by atoms with E-state index < -0.39 is 30.3 Å². The van der Waals surface area contributed by atoms with Crippen molar-refractivity contribution < 1.29 is 31.0 Å². The van der Waals surface area contributed by atoms with Crippen molar-refractivity contribution in [2.45, 2.75) is 17.7 Å². The maximum absolute atomic E-state index is 13.0. The SMILES string of the molecule is CP(=O)(Cc1ccc(-c2noc(C(F)(F)Cl)n2)cn1)Nc1ccc(C(F)(F)F)cc1. The predicted octanol–water partition coefficient (Wildman–Crippen LogP) is 5.96. The summed E-state index contributed by atoms with van der Waals surface area (Å²) < 4.78 is 80.9. The van der Waals surface area contributed by atoms with Crippen LogP contribution in [0.3, 0.4) is 0 Å². The quantitative estimate of drug-likeness (QED) is 0.274. The second kappa shape index (κ2) is 7.96. The average Bonchev–Trinajstić information content (AvgIpc) is 3.12. The van der Waals surface area contributed by atoms with Crippen molar-refractivity contribution in [3.63, 3.8) is 0 Å². The molecule has 0 spiro atoms. The van der Waals surface area contributed by atoms with Crippen LogP contribution in [0.25, 0.3) is 11.4 Å². The molecular weight excluding hydrogens is 454 g/mol. The summed E-state index contributed by atoms with van der Waals surface area (Å²) in [6.07, 6.45) is -3.18. The highest BCUT2D eigenvalue weighted by atomic mass is 35.5. The molecule has 0 aliphatic carbocycles. The Balaban J connectivity index is 1.68. The third kappa shape index (κ3) is 5.54. The Morgan fingerprint density at radius 2 is 1.77 bits per heavy atom. The van der Waals surface area contributed by atoms with E-state index in [1.54, 1.807) is 0 Å². The van der Waals surface area contributed by atoms with E-state index in [9.17, 15) is 26.5 Å². The third-order valence-electron chi connectivity index (χ3n) is 3.79. The van der Waals surface area contributed by atoms with Crippen molar-refractivity contribution in [2.75, 3.05) is 11.8 Å². The van der Waals surface area contributed by atoms with Gasteiger partial charge in [-0.1, -0.05) is 5.16 Å². The van der Waals surface area contributed by atoms with Gasteiger partial charge in [0.15, 0.2) is 7.29 Å². The summed E-state index contributed by atoms with van der Waals surface area (Å²) in [6.45, 7) is 1.42. The second-order valence-electron chi connectivity index (χ2n) is 6.41. The molecule has 3 aromatic rings. The molecule has 160 valence electrons. The lowest BCUT2D eigenvalue weighted by Crippen LogP contribution is -2.05. The van der Waals surface area contributed by atoms with Crippen molar-refractivity contribution in [2.24, 2.45) is 0 Å². The van der Waals surface area contributed by atoms with Crippen LogP contribution in [0.15, 0.2) is 47.1 Å². The molecule has 2 aromatic heterocycles. The number of benzene rings is 1. The first-order valence-corrected chi connectivity index (χ1v) is 10.9. The van der Waals surface area contributed by atoms with Gasteiger partial charge in [0.05, 0.1) is 11.7 Å². The van der Waals surface area contributed by atoms with Crippen molar-refractivity contribution >= 4 is 24.6 Å². The lowest BCUT2D eigenvalue weighted by molar-refractivity contribution is -0.137. The molecule has 1 unspecified atom stereocenters. The van der Waals surface area contributed by atoms with Crippen LogP contribution in [0.2, 0.25) is 0 Å². The second-order valence-corrected chi connectivity index (χ2v) is 9.62. The maximum atomic E-state index is 13.0. The number of halogens is 6. The number of nitrogens with one attached hydrogen (secondary N) is 1. The molecule has 6 nitrogen and oxygen atoms in total. The minimum absolute atomic E-state index is 0.00839. The van der Waals surface area contributed by atoms with Gasteiger partial charge < -0.3 is 14.2 Å². The van der Waals surface area contributed by atoms with Crippen LogP contribution in [0.1, 0.15) is 17.1 Å². The molecule has 0 fully saturated rings. The molecule has 30 heavy (non-hydrogen) atoms. The lowest BCUT2D eigenvalue weighted by Gasteiger charge is -2.16. The summed E-state index contributed by atoms with van der Waals surface area (Å²) in [5, 5.41) is 2.33. The summed E-state index contributed by atoms with van der Waals surface area (Å²) in [4.78, 5) is 7.59. The van der Waals surface area contributed by atoms with E-state index in [0.29, 0.717) is 5.69 Å². The van der Waals surface area contributed by atoms with Crippen molar-refractivity contribution in [3.05, 3.63) is 59.7 Å². The van der Waals surface area contributed by atoms with Gasteiger partial charge in [-0.05, 0) is 48.0 Å². The Morgan fingerprint density at radius 3 is 2.27 bits per heavy atom. The monoisotopic (exact) mass is 466 g/mol. The number of pyridine rings is 1. The highest BCUT2D eigenvalue weighted by molar-refractivity contribution is 7.63. The van der Waals surface area contributed by atoms with Gasteiger partial charge >= 0.3 is 17.4 Å². The smallest absolute Gasteiger partial charge is 0.336 e. The lowest BCUT2D eigenvalue weighted by atomic mass is 10.2. The normalized spacial score (nSPS) is 14.4. The van der Waals surface area contributed by atoms with Crippen LogP contribution in [0.4, 0.5) is 27.6 Å². The molecule has 1 N–H and O–H groups in total. The van der Waals surface area contributed by atoms with Gasteiger partial charge in [0.2, 0.25) is 5.82 Å². The first-order chi connectivity index (χ1) is 13.8. The third-order valence-corrected chi connectivity index (χ3v) is 5.61. The van der Waals surface area contributed by atoms with Gasteiger partial charge in [-0.3, -0.25) is 4.98 Å². The molecule has 0 aliphatic rings. The van der Waals surface area contributed by atoms with E-state index in [1.165, 1.54) is 37.1 Å². The fourth-order valence-corrected chi connectivity index (χ4v) is 4.12. The van der Waals surface area contributed by atoms with Crippen LogP contribution >= 0.6 is 18.9 Å². The Morgan fingerprint density at radius 1 is 1.10 bits per heavy atom. The number of rotatable bonds is 6. The number of aromatic nitrogens is 3. The molecule has 3 rings (SSSR count). The highest BCUT2D eigenvalue weighted by Crippen LogP contribution is 2.45. The fraction of sp³-hybridized carbons (Fsp3) is 0.235. The van der Waals surface area contributed by atoms with Gasteiger partial charge in [-0.15, -0.1) is 0 Å². The number of anilines is 1. The fourth-order valence-electron chi connectivity index (χ4n) is 2.46. The zero-order chi connectivity index (χ0) is 22.2. The molecule has 0 saturated carbocycles. The topological polar surface area (TPSA) is 80.9 Å². The molecule has 1 atom stereocenters. The molecule has 2 heterocycles. The molecule has 0 bridgehead atoms. The summed E-state index contributed by atoms with van der Waals surface area (Å²) in [5.41, 5.74) is 0.131. The summed E-state index contributed by atoms with van der Waals surface area (Å²) in [6, 6.07) is 7.13. The Kier molecular flexibility index (Phi) is 5.88. The predicted molar refractivity (Wildman–Crippen MR) is 99.6 cm³/mol. The van der Waals surface area contributed by atoms with Gasteiger partial charge in [0.1, 0.15) is 0 Å². The van der Waals surface area contributed by atoms with E-state index in [-0.39, 0.29) is 23.2 Å². The summed E-state index contributed by atoms with van der Waals surface area (Å²) in [7, 11) is -3.06.